The number of nitrogens with zero attached hydrogens (tertiary/aromatic N) is 1. The van der Waals surface area contributed by atoms with E-state index in [1.54, 1.807) is 0 Å². The van der Waals surface area contributed by atoms with Crippen molar-refractivity contribution in [1.82, 2.24) is 4.31 Å². The topological polar surface area (TPSA) is 75.4 Å². The fourth-order valence-electron chi connectivity index (χ4n) is 2.44. The summed E-state index contributed by atoms with van der Waals surface area (Å²) in [5.74, 6) is 0. The van der Waals surface area contributed by atoms with Crippen LogP contribution in [0, 0.1) is 6.92 Å². The zero-order valence-corrected chi connectivity index (χ0v) is 13.9. The molecule has 1 saturated heterocycles. The van der Waals surface area contributed by atoms with Gasteiger partial charge in [-0.3, -0.25) is 4.72 Å². The number of anilines is 1. The maximum Gasteiger partial charge on any atom is 0.301 e. The van der Waals surface area contributed by atoms with Crippen molar-refractivity contribution in [2.24, 2.45) is 5.73 Å². The van der Waals surface area contributed by atoms with E-state index in [0.29, 0.717) is 18.8 Å². The third kappa shape index (κ3) is 3.52. The van der Waals surface area contributed by atoms with Crippen LogP contribution in [0.4, 0.5) is 5.69 Å². The molecule has 7 heteroatoms. The van der Waals surface area contributed by atoms with E-state index >= 15 is 0 Å². The Kier molecular flexibility index (Phi) is 5.06. The van der Waals surface area contributed by atoms with Crippen LogP contribution in [0.1, 0.15) is 24.8 Å². The van der Waals surface area contributed by atoms with Gasteiger partial charge in [0.2, 0.25) is 0 Å². The molecular formula is C13H20BrN3O2S. The Balaban J connectivity index is 2.24. The molecule has 1 heterocycles. The number of hydrogen-bond acceptors (Lipinski definition) is 3. The Hall–Kier alpha value is -0.630. The lowest BCUT2D eigenvalue weighted by Gasteiger charge is -2.34. The standard InChI is InChI=1S/C13H20BrN3O2S/c1-10-5-6-12(14)13(8-10)16-20(18,19)17-7-3-2-4-11(17)9-15/h5-6,8,11,16H,2-4,7,9,15H2,1H3. The zero-order chi connectivity index (χ0) is 14.8. The fraction of sp³-hybridized carbons (Fsp3) is 0.538. The molecule has 3 N–H and O–H groups in total. The molecular weight excluding hydrogens is 342 g/mol. The van der Waals surface area contributed by atoms with Crippen molar-refractivity contribution in [3.05, 3.63) is 28.2 Å². The molecule has 20 heavy (non-hydrogen) atoms. The first kappa shape index (κ1) is 15.8. The van der Waals surface area contributed by atoms with Gasteiger partial charge in [-0.15, -0.1) is 0 Å². The molecule has 1 aromatic rings. The molecule has 1 aromatic carbocycles. The highest BCUT2D eigenvalue weighted by Gasteiger charge is 2.31. The highest BCUT2D eigenvalue weighted by atomic mass is 79.9. The second-order valence-electron chi connectivity index (χ2n) is 5.09. The number of nitrogens with two attached hydrogens (primary N) is 1. The molecule has 1 aliphatic heterocycles. The number of rotatable bonds is 4. The number of benzene rings is 1. The lowest BCUT2D eigenvalue weighted by Crippen LogP contribution is -2.49. The van der Waals surface area contributed by atoms with Crippen LogP contribution in [-0.2, 0) is 10.2 Å². The first-order valence-electron chi connectivity index (χ1n) is 6.70. The van der Waals surface area contributed by atoms with Crippen molar-refractivity contribution in [3.63, 3.8) is 0 Å². The molecule has 5 nitrogen and oxygen atoms in total. The minimum atomic E-state index is -3.56. The van der Waals surface area contributed by atoms with E-state index in [9.17, 15) is 8.42 Å². The average Bonchev–Trinajstić information content (AvgIpc) is 2.42. The molecule has 1 atom stereocenters. The summed E-state index contributed by atoms with van der Waals surface area (Å²) >= 11 is 3.37. The van der Waals surface area contributed by atoms with E-state index in [1.807, 2.05) is 25.1 Å². The van der Waals surface area contributed by atoms with E-state index in [1.165, 1.54) is 4.31 Å². The Morgan fingerprint density at radius 2 is 2.20 bits per heavy atom. The number of nitrogens with one attached hydrogen (secondary N) is 1. The van der Waals surface area contributed by atoms with Gasteiger partial charge in [-0.25, -0.2) is 0 Å². The van der Waals surface area contributed by atoms with Crippen LogP contribution in [0.15, 0.2) is 22.7 Å². The highest BCUT2D eigenvalue weighted by Crippen LogP contribution is 2.27. The third-order valence-electron chi connectivity index (χ3n) is 3.51. The van der Waals surface area contributed by atoms with Crippen LogP contribution in [0.3, 0.4) is 0 Å². The maximum absolute atomic E-state index is 12.5. The zero-order valence-electron chi connectivity index (χ0n) is 11.5. The van der Waals surface area contributed by atoms with Crippen molar-refractivity contribution in [1.29, 1.82) is 0 Å². The predicted molar refractivity (Wildman–Crippen MR) is 84.8 cm³/mol. The minimum absolute atomic E-state index is 0.107. The van der Waals surface area contributed by atoms with Gasteiger partial charge in [-0.1, -0.05) is 12.5 Å². The lowest BCUT2D eigenvalue weighted by molar-refractivity contribution is 0.259. The summed E-state index contributed by atoms with van der Waals surface area (Å²) in [4.78, 5) is 0. The second kappa shape index (κ2) is 6.43. The largest absolute Gasteiger partial charge is 0.329 e. The SMILES string of the molecule is Cc1ccc(Br)c(NS(=O)(=O)N2CCCCC2CN)c1. The third-order valence-corrected chi connectivity index (χ3v) is 5.78. The summed E-state index contributed by atoms with van der Waals surface area (Å²) in [6.07, 6.45) is 2.74. The quantitative estimate of drug-likeness (QED) is 0.863. The molecule has 0 saturated carbocycles. The van der Waals surface area contributed by atoms with Crippen LogP contribution in [0.5, 0.6) is 0 Å². The van der Waals surface area contributed by atoms with Crippen molar-refractivity contribution in [2.45, 2.75) is 32.2 Å². The predicted octanol–water partition coefficient (Wildman–Crippen LogP) is 2.23. The van der Waals surface area contributed by atoms with E-state index in [4.69, 9.17) is 5.73 Å². The van der Waals surface area contributed by atoms with Crippen LogP contribution in [0.25, 0.3) is 0 Å². The molecule has 0 amide bonds. The average molecular weight is 362 g/mol. The number of hydrogen-bond donors (Lipinski definition) is 2. The van der Waals surface area contributed by atoms with Gasteiger partial charge in [0.1, 0.15) is 0 Å². The van der Waals surface area contributed by atoms with Crippen molar-refractivity contribution in [2.75, 3.05) is 17.8 Å². The molecule has 0 spiro atoms. The Morgan fingerprint density at radius 3 is 2.90 bits per heavy atom. The first-order valence-corrected chi connectivity index (χ1v) is 8.93. The summed E-state index contributed by atoms with van der Waals surface area (Å²) in [6, 6.07) is 5.46. The molecule has 0 bridgehead atoms. The van der Waals surface area contributed by atoms with Gasteiger partial charge in [0.15, 0.2) is 0 Å². The van der Waals surface area contributed by atoms with Gasteiger partial charge in [0.25, 0.3) is 0 Å². The molecule has 2 rings (SSSR count). The molecule has 1 fully saturated rings. The summed E-state index contributed by atoms with van der Waals surface area (Å²) < 4.78 is 29.9. The molecule has 0 aromatic heterocycles. The van der Waals surface area contributed by atoms with Gasteiger partial charge < -0.3 is 5.73 Å². The van der Waals surface area contributed by atoms with E-state index in [0.717, 1.165) is 29.3 Å². The van der Waals surface area contributed by atoms with Crippen LogP contribution in [-0.4, -0.2) is 31.9 Å². The van der Waals surface area contributed by atoms with E-state index in [2.05, 4.69) is 20.7 Å². The number of piperidine rings is 1. The molecule has 1 unspecified atom stereocenters. The van der Waals surface area contributed by atoms with E-state index < -0.39 is 10.2 Å². The Morgan fingerprint density at radius 1 is 1.45 bits per heavy atom. The van der Waals surface area contributed by atoms with Crippen molar-refractivity contribution < 1.29 is 8.42 Å². The van der Waals surface area contributed by atoms with Crippen molar-refractivity contribution in [3.8, 4) is 0 Å². The summed E-state index contributed by atoms with van der Waals surface area (Å²) in [6.45, 7) is 2.81. The van der Waals surface area contributed by atoms with Gasteiger partial charge in [0, 0.05) is 23.6 Å². The summed E-state index contributed by atoms with van der Waals surface area (Å²) in [7, 11) is -3.56. The van der Waals surface area contributed by atoms with Crippen LogP contribution < -0.4 is 10.5 Å². The van der Waals surface area contributed by atoms with E-state index in [-0.39, 0.29) is 6.04 Å². The van der Waals surface area contributed by atoms with Crippen LogP contribution >= 0.6 is 15.9 Å². The first-order chi connectivity index (χ1) is 9.44. The van der Waals surface area contributed by atoms with Crippen LogP contribution in [0.2, 0.25) is 0 Å². The normalized spacial score (nSPS) is 20.9. The summed E-state index contributed by atoms with van der Waals surface area (Å²) in [5, 5.41) is 0. The fourth-order valence-corrected chi connectivity index (χ4v) is 4.44. The second-order valence-corrected chi connectivity index (χ2v) is 7.56. The van der Waals surface area contributed by atoms with Gasteiger partial charge in [-0.2, -0.15) is 12.7 Å². The minimum Gasteiger partial charge on any atom is -0.329 e. The molecule has 0 aliphatic carbocycles. The lowest BCUT2D eigenvalue weighted by atomic mass is 10.1. The summed E-state index contributed by atoms with van der Waals surface area (Å²) in [5.41, 5.74) is 7.26. The molecule has 0 radical (unpaired) electrons. The Bertz CT molecular complexity index is 577. The smallest absolute Gasteiger partial charge is 0.301 e. The van der Waals surface area contributed by atoms with Crippen molar-refractivity contribution >= 4 is 31.8 Å². The number of aryl methyl sites for hydroxylation is 1. The highest BCUT2D eigenvalue weighted by molar-refractivity contribution is 9.10. The molecule has 1 aliphatic rings. The monoisotopic (exact) mass is 361 g/mol. The van der Waals surface area contributed by atoms with Gasteiger partial charge in [-0.05, 0) is 53.4 Å². The van der Waals surface area contributed by atoms with Gasteiger partial charge in [0.05, 0.1) is 5.69 Å². The Labute approximate surface area is 128 Å². The number of halogens is 1. The maximum atomic E-state index is 12.5. The molecule has 112 valence electrons. The van der Waals surface area contributed by atoms with Gasteiger partial charge >= 0.3 is 10.2 Å².